The van der Waals surface area contributed by atoms with Crippen LogP contribution in [0.1, 0.15) is 12.5 Å². The SMILES string of the molecule is CC(=O)NCCOc1ccc(C)cc1.Cl. The normalized spacial score (nSPS) is 8.93. The highest BCUT2D eigenvalue weighted by Crippen LogP contribution is 2.10. The fraction of sp³-hybridized carbons (Fsp3) is 0.364. The van der Waals surface area contributed by atoms with Crippen molar-refractivity contribution in [2.45, 2.75) is 13.8 Å². The van der Waals surface area contributed by atoms with Crippen molar-refractivity contribution in [1.29, 1.82) is 0 Å². The van der Waals surface area contributed by atoms with E-state index in [4.69, 9.17) is 4.74 Å². The van der Waals surface area contributed by atoms with E-state index in [2.05, 4.69) is 5.32 Å². The average Bonchev–Trinajstić information content (AvgIpc) is 2.15. The molecular weight excluding hydrogens is 214 g/mol. The number of rotatable bonds is 4. The summed E-state index contributed by atoms with van der Waals surface area (Å²) in [7, 11) is 0. The van der Waals surface area contributed by atoms with Crippen molar-refractivity contribution in [3.8, 4) is 5.75 Å². The summed E-state index contributed by atoms with van der Waals surface area (Å²) >= 11 is 0. The van der Waals surface area contributed by atoms with Gasteiger partial charge in [0, 0.05) is 6.92 Å². The number of amides is 1. The molecule has 0 radical (unpaired) electrons. The monoisotopic (exact) mass is 229 g/mol. The van der Waals surface area contributed by atoms with Crippen LogP contribution in [-0.4, -0.2) is 19.1 Å². The van der Waals surface area contributed by atoms with Crippen LogP contribution in [-0.2, 0) is 4.79 Å². The second kappa shape index (κ2) is 7.12. The van der Waals surface area contributed by atoms with Gasteiger partial charge in [-0.05, 0) is 19.1 Å². The summed E-state index contributed by atoms with van der Waals surface area (Å²) in [6.45, 7) is 4.57. The number of hydrogen-bond acceptors (Lipinski definition) is 2. The molecule has 1 rings (SSSR count). The van der Waals surface area contributed by atoms with Gasteiger partial charge in [-0.3, -0.25) is 4.79 Å². The van der Waals surface area contributed by atoms with Gasteiger partial charge < -0.3 is 10.1 Å². The number of hydrogen-bond donors (Lipinski definition) is 1. The highest BCUT2D eigenvalue weighted by molar-refractivity contribution is 5.85. The minimum Gasteiger partial charge on any atom is -0.492 e. The molecule has 0 saturated carbocycles. The van der Waals surface area contributed by atoms with Crippen molar-refractivity contribution in [1.82, 2.24) is 5.32 Å². The molecular formula is C11H16ClNO2. The molecule has 0 heterocycles. The van der Waals surface area contributed by atoms with Gasteiger partial charge in [-0.1, -0.05) is 17.7 Å². The van der Waals surface area contributed by atoms with Crippen molar-refractivity contribution >= 4 is 18.3 Å². The number of benzene rings is 1. The number of halogens is 1. The van der Waals surface area contributed by atoms with Crippen LogP contribution in [0.3, 0.4) is 0 Å². The Kier molecular flexibility index (Phi) is 6.54. The lowest BCUT2D eigenvalue weighted by Crippen LogP contribution is -2.25. The Labute approximate surface area is 96.2 Å². The van der Waals surface area contributed by atoms with Crippen LogP contribution >= 0.6 is 12.4 Å². The zero-order chi connectivity index (χ0) is 10.4. The smallest absolute Gasteiger partial charge is 0.216 e. The molecule has 15 heavy (non-hydrogen) atoms. The zero-order valence-corrected chi connectivity index (χ0v) is 9.76. The molecule has 0 atom stereocenters. The first-order chi connectivity index (χ1) is 6.68. The Morgan fingerprint density at radius 2 is 1.93 bits per heavy atom. The van der Waals surface area contributed by atoms with Gasteiger partial charge >= 0.3 is 0 Å². The maximum Gasteiger partial charge on any atom is 0.216 e. The molecule has 1 aromatic rings. The zero-order valence-electron chi connectivity index (χ0n) is 8.95. The minimum absolute atomic E-state index is 0. The molecule has 0 aliphatic carbocycles. The van der Waals surface area contributed by atoms with Crippen LogP contribution in [0.2, 0.25) is 0 Å². The number of nitrogens with one attached hydrogen (secondary N) is 1. The first-order valence-electron chi connectivity index (χ1n) is 4.62. The molecule has 0 aliphatic rings. The average molecular weight is 230 g/mol. The van der Waals surface area contributed by atoms with E-state index in [-0.39, 0.29) is 18.3 Å². The summed E-state index contributed by atoms with van der Waals surface area (Å²) in [5, 5.41) is 2.66. The molecule has 0 bridgehead atoms. The van der Waals surface area contributed by atoms with Crippen LogP contribution in [0, 0.1) is 6.92 Å². The van der Waals surface area contributed by atoms with Gasteiger partial charge in [-0.15, -0.1) is 12.4 Å². The first-order valence-corrected chi connectivity index (χ1v) is 4.62. The lowest BCUT2D eigenvalue weighted by atomic mass is 10.2. The van der Waals surface area contributed by atoms with Crippen LogP contribution in [0.5, 0.6) is 5.75 Å². The van der Waals surface area contributed by atoms with E-state index in [0.29, 0.717) is 13.2 Å². The van der Waals surface area contributed by atoms with Gasteiger partial charge in [0.1, 0.15) is 12.4 Å². The van der Waals surface area contributed by atoms with Crippen molar-refractivity contribution in [2.24, 2.45) is 0 Å². The molecule has 0 spiro atoms. The largest absolute Gasteiger partial charge is 0.492 e. The summed E-state index contributed by atoms with van der Waals surface area (Å²) in [6, 6.07) is 7.83. The van der Waals surface area contributed by atoms with Crippen LogP contribution in [0.15, 0.2) is 24.3 Å². The lowest BCUT2D eigenvalue weighted by Gasteiger charge is -2.06. The van der Waals surface area contributed by atoms with Gasteiger partial charge in [0.2, 0.25) is 5.91 Å². The molecule has 1 N–H and O–H groups in total. The second-order valence-corrected chi connectivity index (χ2v) is 3.14. The standard InChI is InChI=1S/C11H15NO2.ClH/c1-9-3-5-11(6-4-9)14-8-7-12-10(2)13;/h3-6H,7-8H2,1-2H3,(H,12,13);1H. The van der Waals surface area contributed by atoms with E-state index in [0.717, 1.165) is 5.75 Å². The number of ether oxygens (including phenoxy) is 1. The number of aryl methyl sites for hydroxylation is 1. The van der Waals surface area contributed by atoms with Gasteiger partial charge in [-0.2, -0.15) is 0 Å². The fourth-order valence-corrected chi connectivity index (χ4v) is 1.03. The maximum absolute atomic E-state index is 10.5. The summed E-state index contributed by atoms with van der Waals surface area (Å²) in [4.78, 5) is 10.5. The van der Waals surface area contributed by atoms with E-state index < -0.39 is 0 Å². The molecule has 0 aliphatic heterocycles. The topological polar surface area (TPSA) is 38.3 Å². The van der Waals surface area contributed by atoms with Crippen LogP contribution in [0.4, 0.5) is 0 Å². The van der Waals surface area contributed by atoms with E-state index in [1.807, 2.05) is 31.2 Å². The Hall–Kier alpha value is -1.22. The highest BCUT2D eigenvalue weighted by atomic mass is 35.5. The first kappa shape index (κ1) is 13.8. The third-order valence-electron chi connectivity index (χ3n) is 1.77. The van der Waals surface area contributed by atoms with Gasteiger partial charge in [0.05, 0.1) is 6.54 Å². The lowest BCUT2D eigenvalue weighted by molar-refractivity contribution is -0.119. The van der Waals surface area contributed by atoms with Gasteiger partial charge in [-0.25, -0.2) is 0 Å². The molecule has 1 amide bonds. The number of carbonyl (C=O) groups is 1. The molecule has 0 saturated heterocycles. The third-order valence-corrected chi connectivity index (χ3v) is 1.77. The van der Waals surface area contributed by atoms with E-state index >= 15 is 0 Å². The van der Waals surface area contributed by atoms with Crippen LogP contribution in [0.25, 0.3) is 0 Å². The Morgan fingerprint density at radius 3 is 2.47 bits per heavy atom. The van der Waals surface area contributed by atoms with E-state index in [9.17, 15) is 4.79 Å². The molecule has 0 unspecified atom stereocenters. The highest BCUT2D eigenvalue weighted by Gasteiger charge is 1.93. The van der Waals surface area contributed by atoms with Crippen molar-refractivity contribution in [3.05, 3.63) is 29.8 Å². The molecule has 0 aromatic heterocycles. The number of carbonyl (C=O) groups excluding carboxylic acids is 1. The second-order valence-electron chi connectivity index (χ2n) is 3.14. The predicted molar refractivity (Wildman–Crippen MR) is 62.6 cm³/mol. The summed E-state index contributed by atoms with van der Waals surface area (Å²) in [6.07, 6.45) is 0. The minimum atomic E-state index is -0.0301. The van der Waals surface area contributed by atoms with E-state index in [1.165, 1.54) is 12.5 Å². The molecule has 1 aromatic carbocycles. The van der Waals surface area contributed by atoms with Gasteiger partial charge in [0.15, 0.2) is 0 Å². The molecule has 0 fully saturated rings. The quantitative estimate of drug-likeness (QED) is 0.802. The van der Waals surface area contributed by atoms with Crippen LogP contribution < -0.4 is 10.1 Å². The summed E-state index contributed by atoms with van der Waals surface area (Å²) in [5.41, 5.74) is 1.21. The molecule has 4 heteroatoms. The summed E-state index contributed by atoms with van der Waals surface area (Å²) < 4.78 is 5.40. The maximum atomic E-state index is 10.5. The molecule has 84 valence electrons. The Morgan fingerprint density at radius 1 is 1.33 bits per heavy atom. The van der Waals surface area contributed by atoms with E-state index in [1.54, 1.807) is 0 Å². The Balaban J connectivity index is 0.00000196. The predicted octanol–water partition coefficient (Wildman–Crippen LogP) is 1.93. The van der Waals surface area contributed by atoms with Crippen molar-refractivity contribution < 1.29 is 9.53 Å². The molecule has 3 nitrogen and oxygen atoms in total. The Bertz CT molecular complexity index is 298. The fourth-order valence-electron chi connectivity index (χ4n) is 1.03. The van der Waals surface area contributed by atoms with Crippen molar-refractivity contribution in [2.75, 3.05) is 13.2 Å². The van der Waals surface area contributed by atoms with Gasteiger partial charge in [0.25, 0.3) is 0 Å². The third kappa shape index (κ3) is 5.96. The summed E-state index contributed by atoms with van der Waals surface area (Å²) in [5.74, 6) is 0.804. The van der Waals surface area contributed by atoms with Crippen molar-refractivity contribution in [3.63, 3.8) is 0 Å².